The zero-order chi connectivity index (χ0) is 23.4. The Kier molecular flexibility index (Phi) is 7.58. The van der Waals surface area contributed by atoms with E-state index in [1.807, 2.05) is 31.2 Å². The van der Waals surface area contributed by atoms with Crippen LogP contribution < -0.4 is 4.74 Å². The second-order valence-corrected chi connectivity index (χ2v) is 9.58. The summed E-state index contributed by atoms with van der Waals surface area (Å²) in [5.74, 6) is -0.536. The number of aryl methyl sites for hydroxylation is 1. The van der Waals surface area contributed by atoms with Gasteiger partial charge < -0.3 is 9.47 Å². The van der Waals surface area contributed by atoms with Gasteiger partial charge in [-0.15, -0.1) is 13.2 Å². The number of alkyl halides is 3. The van der Waals surface area contributed by atoms with Crippen molar-refractivity contribution < 1.29 is 35.9 Å². The number of ether oxygens (including phenoxy) is 2. The molecule has 0 bridgehead atoms. The first-order valence-electron chi connectivity index (χ1n) is 10.1. The Morgan fingerprint density at radius 2 is 1.75 bits per heavy atom. The number of hydrogen-bond donors (Lipinski definition) is 0. The Bertz CT molecular complexity index is 1030. The summed E-state index contributed by atoms with van der Waals surface area (Å²) in [5, 5.41) is 0. The van der Waals surface area contributed by atoms with Crippen LogP contribution in [0.3, 0.4) is 0 Å². The zero-order valence-electron chi connectivity index (χ0n) is 17.5. The van der Waals surface area contributed by atoms with Gasteiger partial charge in [0, 0.05) is 19.5 Å². The van der Waals surface area contributed by atoms with Crippen LogP contribution in [0.2, 0.25) is 0 Å². The van der Waals surface area contributed by atoms with Crippen molar-refractivity contribution in [2.45, 2.75) is 43.5 Å². The lowest BCUT2D eigenvalue weighted by atomic mass is 10.1. The van der Waals surface area contributed by atoms with Crippen molar-refractivity contribution in [2.24, 2.45) is 0 Å². The van der Waals surface area contributed by atoms with Crippen LogP contribution >= 0.6 is 0 Å². The van der Waals surface area contributed by atoms with Crippen LogP contribution in [0.25, 0.3) is 0 Å². The molecule has 0 aromatic heterocycles. The maximum Gasteiger partial charge on any atom is 0.573 e. The van der Waals surface area contributed by atoms with Crippen molar-refractivity contribution in [3.05, 3.63) is 59.7 Å². The van der Waals surface area contributed by atoms with E-state index in [-0.39, 0.29) is 42.9 Å². The number of rotatable bonds is 8. The Balaban J connectivity index is 1.48. The van der Waals surface area contributed by atoms with E-state index in [2.05, 4.69) is 4.74 Å². The molecule has 32 heavy (non-hydrogen) atoms. The van der Waals surface area contributed by atoms with Gasteiger partial charge in [-0.1, -0.05) is 29.8 Å². The molecule has 1 fully saturated rings. The molecule has 1 aliphatic heterocycles. The average molecular weight is 471 g/mol. The van der Waals surface area contributed by atoms with Crippen molar-refractivity contribution in [1.29, 1.82) is 0 Å². The number of halogens is 3. The summed E-state index contributed by atoms with van der Waals surface area (Å²) in [4.78, 5) is 12.1. The molecular weight excluding hydrogens is 447 g/mol. The fourth-order valence-corrected chi connectivity index (χ4v) is 4.98. The van der Waals surface area contributed by atoms with Crippen LogP contribution in [0, 0.1) is 6.92 Å². The highest BCUT2D eigenvalue weighted by atomic mass is 32.2. The molecule has 0 aliphatic carbocycles. The second kappa shape index (κ2) is 10.0. The Labute approximate surface area is 185 Å². The number of carbonyl (C=O) groups is 1. The number of sulfonamides is 1. The van der Waals surface area contributed by atoms with Crippen LogP contribution in [0.1, 0.15) is 24.0 Å². The van der Waals surface area contributed by atoms with Gasteiger partial charge in [-0.05, 0) is 49.6 Å². The maximum atomic E-state index is 12.8. The quantitative estimate of drug-likeness (QED) is 0.585. The fourth-order valence-electron chi connectivity index (χ4n) is 3.51. The Hall–Kier alpha value is -2.43. The van der Waals surface area contributed by atoms with Crippen LogP contribution in [-0.2, 0) is 26.0 Å². The molecular formula is C22H24F3NO5S. The molecule has 0 saturated carbocycles. The smallest absolute Gasteiger partial charge is 0.406 e. The van der Waals surface area contributed by atoms with E-state index >= 15 is 0 Å². The van der Waals surface area contributed by atoms with E-state index in [1.165, 1.54) is 4.31 Å². The third-order valence-corrected chi connectivity index (χ3v) is 6.97. The minimum atomic E-state index is -4.84. The van der Waals surface area contributed by atoms with Gasteiger partial charge in [0.25, 0.3) is 0 Å². The van der Waals surface area contributed by atoms with Gasteiger partial charge in [-0.2, -0.15) is 4.31 Å². The number of carbonyl (C=O) groups excluding carboxylic acids is 1. The summed E-state index contributed by atoms with van der Waals surface area (Å²) >= 11 is 0. The van der Waals surface area contributed by atoms with Gasteiger partial charge >= 0.3 is 6.36 Å². The molecule has 2 aromatic carbocycles. The molecule has 1 aliphatic rings. The number of nitrogens with zero attached hydrogens (tertiary/aromatic N) is 1. The van der Waals surface area contributed by atoms with Crippen LogP contribution in [0.5, 0.6) is 5.75 Å². The van der Waals surface area contributed by atoms with E-state index in [0.29, 0.717) is 12.8 Å². The van der Waals surface area contributed by atoms with Crippen LogP contribution in [0.15, 0.2) is 53.4 Å². The first kappa shape index (κ1) is 24.2. The second-order valence-electron chi connectivity index (χ2n) is 7.64. The molecule has 0 N–H and O–H groups in total. The molecule has 3 rings (SSSR count). The number of benzene rings is 2. The first-order valence-corrected chi connectivity index (χ1v) is 11.5. The fraction of sp³-hybridized carbons (Fsp3) is 0.409. The SMILES string of the molecule is Cc1cccc(CC(=O)COC2CCN(S(=O)(=O)c3ccc(OC(F)(F)F)cc3)CC2)c1. The highest BCUT2D eigenvalue weighted by Crippen LogP contribution is 2.26. The van der Waals surface area contributed by atoms with Crippen molar-refractivity contribution in [2.75, 3.05) is 19.7 Å². The molecule has 6 nitrogen and oxygen atoms in total. The molecule has 0 amide bonds. The van der Waals surface area contributed by atoms with Crippen molar-refractivity contribution in [1.82, 2.24) is 4.31 Å². The van der Waals surface area contributed by atoms with Gasteiger partial charge in [0.15, 0.2) is 5.78 Å². The minimum absolute atomic E-state index is 0.0357. The summed E-state index contributed by atoms with van der Waals surface area (Å²) in [7, 11) is -3.85. The summed E-state index contributed by atoms with van der Waals surface area (Å²) in [6.45, 7) is 2.31. The molecule has 0 atom stereocenters. The van der Waals surface area contributed by atoms with E-state index in [4.69, 9.17) is 4.74 Å². The molecule has 0 radical (unpaired) electrons. The van der Waals surface area contributed by atoms with Crippen molar-refractivity contribution in [3.8, 4) is 5.75 Å². The lowest BCUT2D eigenvalue weighted by Crippen LogP contribution is -2.41. The molecule has 2 aromatic rings. The third kappa shape index (κ3) is 6.78. The van der Waals surface area contributed by atoms with Gasteiger partial charge in [-0.25, -0.2) is 8.42 Å². The third-order valence-electron chi connectivity index (χ3n) is 5.06. The number of ketones is 1. The van der Waals surface area contributed by atoms with Gasteiger partial charge in [-0.3, -0.25) is 4.79 Å². The van der Waals surface area contributed by atoms with Gasteiger partial charge in [0.2, 0.25) is 10.0 Å². The predicted molar refractivity (Wildman–Crippen MR) is 111 cm³/mol. The lowest BCUT2D eigenvalue weighted by molar-refractivity contribution is -0.274. The number of piperidine rings is 1. The van der Waals surface area contributed by atoms with Crippen LogP contribution in [0.4, 0.5) is 13.2 Å². The zero-order valence-corrected chi connectivity index (χ0v) is 18.3. The largest absolute Gasteiger partial charge is 0.573 e. The summed E-state index contributed by atoms with van der Waals surface area (Å²) in [6, 6.07) is 11.8. The minimum Gasteiger partial charge on any atom is -0.406 e. The molecule has 0 unspecified atom stereocenters. The van der Waals surface area contributed by atoms with E-state index in [9.17, 15) is 26.4 Å². The first-order chi connectivity index (χ1) is 15.0. The normalized spacial score (nSPS) is 16.1. The molecule has 1 heterocycles. The predicted octanol–water partition coefficient (Wildman–Crippen LogP) is 3.88. The summed E-state index contributed by atoms with van der Waals surface area (Å²) in [5.41, 5.74) is 2.00. The molecule has 10 heteroatoms. The number of hydrogen-bond acceptors (Lipinski definition) is 5. The maximum absolute atomic E-state index is 12.8. The van der Waals surface area contributed by atoms with Gasteiger partial charge in [0.05, 0.1) is 11.0 Å². The van der Waals surface area contributed by atoms with Gasteiger partial charge in [0.1, 0.15) is 12.4 Å². The lowest BCUT2D eigenvalue weighted by Gasteiger charge is -2.31. The Morgan fingerprint density at radius 3 is 2.34 bits per heavy atom. The monoisotopic (exact) mass is 471 g/mol. The number of Topliss-reactive ketones (excluding diaryl/α,β-unsaturated/α-hetero) is 1. The highest BCUT2D eigenvalue weighted by molar-refractivity contribution is 7.89. The van der Waals surface area contributed by atoms with E-state index < -0.39 is 22.1 Å². The Morgan fingerprint density at radius 1 is 1.09 bits per heavy atom. The molecule has 0 spiro atoms. The van der Waals surface area contributed by atoms with Crippen molar-refractivity contribution >= 4 is 15.8 Å². The topological polar surface area (TPSA) is 72.9 Å². The molecule has 174 valence electrons. The average Bonchev–Trinajstić information content (AvgIpc) is 2.72. The standard InChI is InChI=1S/C22H24F3NO5S/c1-16-3-2-4-17(13-16)14-18(27)15-30-19-9-11-26(12-10-19)32(28,29)21-7-5-20(6-8-21)31-22(23,24)25/h2-8,13,19H,9-12,14-15H2,1H3. The summed E-state index contributed by atoms with van der Waals surface area (Å²) in [6.07, 6.45) is -3.95. The van der Waals surface area contributed by atoms with Crippen molar-refractivity contribution in [3.63, 3.8) is 0 Å². The van der Waals surface area contributed by atoms with E-state index in [1.54, 1.807) is 0 Å². The highest BCUT2D eigenvalue weighted by Gasteiger charge is 2.32. The van der Waals surface area contributed by atoms with E-state index in [0.717, 1.165) is 35.4 Å². The van der Waals surface area contributed by atoms with Crippen LogP contribution in [-0.4, -0.2) is 50.7 Å². The molecule has 1 saturated heterocycles. The summed E-state index contributed by atoms with van der Waals surface area (Å²) < 4.78 is 73.0.